The molecule has 3 aliphatic heterocycles. The predicted octanol–water partition coefficient (Wildman–Crippen LogP) is 1.99. The molecule has 0 spiro atoms. The smallest absolute Gasteiger partial charge is 0.194 e. The Bertz CT molecular complexity index is 568. The molecule has 0 radical (unpaired) electrons. The molecular weight excluding hydrogens is 485 g/mol. The minimum atomic E-state index is -2.83. The number of ether oxygens (including phenoxy) is 1. The maximum atomic E-state index is 11.7. The van der Waals surface area contributed by atoms with E-state index in [9.17, 15) is 8.42 Å². The summed E-state index contributed by atoms with van der Waals surface area (Å²) in [5.74, 6) is 2.86. The first kappa shape index (κ1) is 22.5. The lowest BCUT2D eigenvalue weighted by Gasteiger charge is -2.35. The fourth-order valence-corrected chi connectivity index (χ4v) is 6.70. The van der Waals surface area contributed by atoms with E-state index in [1.165, 1.54) is 6.42 Å². The molecular formula is C17H32IN3O3S2. The zero-order valence-corrected chi connectivity index (χ0v) is 19.5. The quantitative estimate of drug-likeness (QED) is 0.342. The second-order valence-corrected chi connectivity index (χ2v) is 10.9. The predicted molar refractivity (Wildman–Crippen MR) is 120 cm³/mol. The molecule has 3 aliphatic rings. The van der Waals surface area contributed by atoms with Crippen LogP contribution in [0.4, 0.5) is 0 Å². The van der Waals surface area contributed by atoms with Crippen molar-refractivity contribution in [3.8, 4) is 0 Å². The number of hydrogen-bond acceptors (Lipinski definition) is 5. The molecule has 0 aromatic heterocycles. The van der Waals surface area contributed by atoms with Gasteiger partial charge in [-0.15, -0.1) is 24.0 Å². The van der Waals surface area contributed by atoms with Gasteiger partial charge in [0.15, 0.2) is 15.8 Å². The average molecular weight is 517 g/mol. The van der Waals surface area contributed by atoms with E-state index in [-0.39, 0.29) is 36.0 Å². The molecule has 3 saturated heterocycles. The number of sulfone groups is 1. The van der Waals surface area contributed by atoms with E-state index in [0.29, 0.717) is 23.3 Å². The standard InChI is InChI=1S/C17H31N3O3S2.HI/c1-2-16-12-20(6-8-24-16)17(19-11-15-4-3-7-23-15)18-10-14-5-9-25(21,22)13-14;/h14-16H,2-13H2,1H3,(H,18,19);1H. The Morgan fingerprint density at radius 2 is 2.23 bits per heavy atom. The lowest BCUT2D eigenvalue weighted by Crippen LogP contribution is -2.49. The number of guanidine groups is 1. The molecule has 3 fully saturated rings. The molecule has 3 heterocycles. The van der Waals surface area contributed by atoms with E-state index in [1.54, 1.807) is 0 Å². The van der Waals surface area contributed by atoms with Crippen LogP contribution in [0.5, 0.6) is 0 Å². The van der Waals surface area contributed by atoms with E-state index in [0.717, 1.165) is 57.2 Å². The zero-order valence-electron chi connectivity index (χ0n) is 15.6. The Hall–Kier alpha value is 0.260. The fraction of sp³-hybridized carbons (Fsp3) is 0.941. The van der Waals surface area contributed by atoms with Crippen LogP contribution in [0.25, 0.3) is 0 Å². The molecule has 3 atom stereocenters. The Labute approximate surface area is 179 Å². The van der Waals surface area contributed by atoms with Gasteiger partial charge >= 0.3 is 0 Å². The first-order chi connectivity index (χ1) is 12.1. The molecule has 3 unspecified atom stereocenters. The maximum Gasteiger partial charge on any atom is 0.194 e. The van der Waals surface area contributed by atoms with Gasteiger partial charge in [0.2, 0.25) is 0 Å². The van der Waals surface area contributed by atoms with Crippen molar-refractivity contribution in [1.82, 2.24) is 10.2 Å². The SMILES string of the molecule is CCC1CN(C(=NCC2CCS(=O)(=O)C2)NCC2CCCO2)CCS1.I. The van der Waals surface area contributed by atoms with Gasteiger partial charge < -0.3 is 15.0 Å². The highest BCUT2D eigenvalue weighted by molar-refractivity contribution is 14.0. The van der Waals surface area contributed by atoms with Crippen LogP contribution in [0, 0.1) is 5.92 Å². The summed E-state index contributed by atoms with van der Waals surface area (Å²) >= 11 is 2.04. The first-order valence-electron chi connectivity index (χ1n) is 9.52. The lowest BCUT2D eigenvalue weighted by atomic mass is 10.1. The van der Waals surface area contributed by atoms with Gasteiger partial charge in [-0.25, -0.2) is 8.42 Å². The Morgan fingerprint density at radius 3 is 2.88 bits per heavy atom. The minimum absolute atomic E-state index is 0. The van der Waals surface area contributed by atoms with Crippen molar-refractivity contribution in [2.75, 3.05) is 50.0 Å². The van der Waals surface area contributed by atoms with Crippen LogP contribution in [0.15, 0.2) is 4.99 Å². The summed E-state index contributed by atoms with van der Waals surface area (Å²) in [6, 6.07) is 0. The third-order valence-corrected chi connectivity index (χ3v) is 8.44. The normalized spacial score (nSPS) is 31.7. The van der Waals surface area contributed by atoms with Crippen LogP contribution in [0.3, 0.4) is 0 Å². The maximum absolute atomic E-state index is 11.7. The van der Waals surface area contributed by atoms with E-state index in [2.05, 4.69) is 17.1 Å². The van der Waals surface area contributed by atoms with Crippen LogP contribution in [-0.2, 0) is 14.6 Å². The molecule has 9 heteroatoms. The number of rotatable bonds is 5. The van der Waals surface area contributed by atoms with Gasteiger partial charge in [0.25, 0.3) is 0 Å². The molecule has 26 heavy (non-hydrogen) atoms. The molecule has 0 amide bonds. The van der Waals surface area contributed by atoms with E-state index >= 15 is 0 Å². The van der Waals surface area contributed by atoms with Crippen LogP contribution in [-0.4, -0.2) is 80.7 Å². The number of aliphatic imine (C=N–C) groups is 1. The molecule has 152 valence electrons. The molecule has 0 aromatic rings. The summed E-state index contributed by atoms with van der Waals surface area (Å²) < 4.78 is 29.1. The first-order valence-corrected chi connectivity index (χ1v) is 12.4. The van der Waals surface area contributed by atoms with Crippen molar-refractivity contribution < 1.29 is 13.2 Å². The van der Waals surface area contributed by atoms with Crippen molar-refractivity contribution in [2.24, 2.45) is 10.9 Å². The summed E-state index contributed by atoms with van der Waals surface area (Å²) in [6.07, 6.45) is 4.43. The number of nitrogens with zero attached hydrogens (tertiary/aromatic N) is 2. The summed E-state index contributed by atoms with van der Waals surface area (Å²) in [5.41, 5.74) is 0. The molecule has 0 aromatic carbocycles. The van der Waals surface area contributed by atoms with Crippen molar-refractivity contribution in [2.45, 2.75) is 44.0 Å². The summed E-state index contributed by atoms with van der Waals surface area (Å²) in [7, 11) is -2.83. The van der Waals surface area contributed by atoms with E-state index in [4.69, 9.17) is 9.73 Å². The Kier molecular flexibility index (Phi) is 9.29. The van der Waals surface area contributed by atoms with Gasteiger partial charge in [0.1, 0.15) is 0 Å². The van der Waals surface area contributed by atoms with E-state index < -0.39 is 9.84 Å². The van der Waals surface area contributed by atoms with Crippen LogP contribution < -0.4 is 5.32 Å². The average Bonchev–Trinajstić information content (AvgIpc) is 3.24. The fourth-order valence-electron chi connectivity index (χ4n) is 3.67. The van der Waals surface area contributed by atoms with Crippen molar-refractivity contribution in [1.29, 1.82) is 0 Å². The topological polar surface area (TPSA) is 71.0 Å². The highest BCUT2D eigenvalue weighted by Crippen LogP contribution is 2.22. The molecule has 6 nitrogen and oxygen atoms in total. The highest BCUT2D eigenvalue weighted by Gasteiger charge is 2.28. The molecule has 0 aliphatic carbocycles. The monoisotopic (exact) mass is 517 g/mol. The second-order valence-electron chi connectivity index (χ2n) is 7.30. The minimum Gasteiger partial charge on any atom is -0.376 e. The summed E-state index contributed by atoms with van der Waals surface area (Å²) in [4.78, 5) is 7.18. The molecule has 1 N–H and O–H groups in total. The summed E-state index contributed by atoms with van der Waals surface area (Å²) in [6.45, 7) is 6.51. The number of hydrogen-bond donors (Lipinski definition) is 1. The van der Waals surface area contributed by atoms with Gasteiger partial charge in [-0.05, 0) is 31.6 Å². The Balaban J connectivity index is 0.00000243. The van der Waals surface area contributed by atoms with Crippen molar-refractivity contribution >= 4 is 51.5 Å². The van der Waals surface area contributed by atoms with Gasteiger partial charge in [-0.3, -0.25) is 4.99 Å². The third kappa shape index (κ3) is 6.70. The van der Waals surface area contributed by atoms with Crippen molar-refractivity contribution in [3.05, 3.63) is 0 Å². The highest BCUT2D eigenvalue weighted by atomic mass is 127. The third-order valence-electron chi connectivity index (χ3n) is 5.23. The van der Waals surface area contributed by atoms with Crippen LogP contribution in [0.1, 0.15) is 32.6 Å². The lowest BCUT2D eigenvalue weighted by molar-refractivity contribution is 0.113. The number of halogens is 1. The number of thioether (sulfide) groups is 1. The van der Waals surface area contributed by atoms with Gasteiger partial charge in [-0.1, -0.05) is 6.92 Å². The van der Waals surface area contributed by atoms with Gasteiger partial charge in [0, 0.05) is 43.8 Å². The zero-order chi connectivity index (χ0) is 17.7. The van der Waals surface area contributed by atoms with Gasteiger partial charge in [-0.2, -0.15) is 11.8 Å². The van der Waals surface area contributed by atoms with Crippen LogP contribution in [0.2, 0.25) is 0 Å². The number of nitrogens with one attached hydrogen (secondary N) is 1. The largest absolute Gasteiger partial charge is 0.376 e. The molecule has 0 saturated carbocycles. The Morgan fingerprint density at radius 1 is 1.38 bits per heavy atom. The molecule has 0 bridgehead atoms. The van der Waals surface area contributed by atoms with Crippen molar-refractivity contribution in [3.63, 3.8) is 0 Å². The second kappa shape index (κ2) is 10.7. The molecule has 3 rings (SSSR count). The van der Waals surface area contributed by atoms with E-state index in [1.807, 2.05) is 11.8 Å². The summed E-state index contributed by atoms with van der Waals surface area (Å²) in [5, 5.41) is 4.16. The van der Waals surface area contributed by atoms with Gasteiger partial charge in [0.05, 0.1) is 17.6 Å². The van der Waals surface area contributed by atoms with Crippen LogP contribution >= 0.6 is 35.7 Å².